The summed E-state index contributed by atoms with van der Waals surface area (Å²) in [4.78, 5) is 22.0. The smallest absolute Gasteiger partial charge is 0.394 e. The van der Waals surface area contributed by atoms with Crippen LogP contribution in [0, 0.1) is 35.5 Å². The van der Waals surface area contributed by atoms with Crippen molar-refractivity contribution in [2.24, 2.45) is 29.6 Å². The molecule has 276 valence electrons. The van der Waals surface area contributed by atoms with Gasteiger partial charge in [-0.3, -0.25) is 14.5 Å². The van der Waals surface area contributed by atoms with Crippen molar-refractivity contribution in [2.75, 3.05) is 12.3 Å². The number of alkyl halides is 6. The van der Waals surface area contributed by atoms with Crippen LogP contribution in [0.25, 0.3) is 22.0 Å². The SMILES string of the molecule is Cn1nc(N)c2cccc(-c3ccc(C#CC(C)(C)O)nc3[C@H](CC3=CC(F)=CC(F)C3)NC(=O)CN=C3C(=C(N)C(F)(F)F)[C@H]4C#C[C@H]4C3(F)F)c21. The maximum absolute atomic E-state index is 15.3. The van der Waals surface area contributed by atoms with E-state index in [4.69, 9.17) is 16.5 Å². The van der Waals surface area contributed by atoms with E-state index < -0.39 is 77.0 Å². The lowest BCUT2D eigenvalue weighted by atomic mass is 9.85. The fraction of sp³-hybridized carbons (Fsp3) is 0.351. The van der Waals surface area contributed by atoms with Crippen LogP contribution in [0.3, 0.4) is 0 Å². The Labute approximate surface area is 298 Å². The van der Waals surface area contributed by atoms with Gasteiger partial charge >= 0.3 is 12.1 Å². The van der Waals surface area contributed by atoms with Gasteiger partial charge in [-0.15, -0.1) is 0 Å². The van der Waals surface area contributed by atoms with Gasteiger partial charge in [-0.1, -0.05) is 35.5 Å². The molecule has 0 saturated heterocycles. The molecule has 6 N–H and O–H groups in total. The van der Waals surface area contributed by atoms with Crippen molar-refractivity contribution in [2.45, 2.75) is 56.6 Å². The number of fused-ring (bicyclic) bond motifs is 2. The summed E-state index contributed by atoms with van der Waals surface area (Å²) < 4.78 is 102. The van der Waals surface area contributed by atoms with E-state index >= 15 is 8.78 Å². The Morgan fingerprint density at radius 1 is 1.21 bits per heavy atom. The maximum atomic E-state index is 15.3. The Morgan fingerprint density at radius 2 is 1.94 bits per heavy atom. The molecule has 0 radical (unpaired) electrons. The van der Waals surface area contributed by atoms with Crippen molar-refractivity contribution < 1.29 is 40.6 Å². The summed E-state index contributed by atoms with van der Waals surface area (Å²) >= 11 is 0. The maximum Gasteiger partial charge on any atom is 0.431 e. The molecular weight excluding hydrogens is 707 g/mol. The van der Waals surface area contributed by atoms with E-state index in [0.717, 1.165) is 12.2 Å². The Balaban J connectivity index is 1.46. The van der Waals surface area contributed by atoms with Crippen LogP contribution in [0.5, 0.6) is 0 Å². The number of aliphatic imine (C=N–C) groups is 1. The molecule has 1 unspecified atom stereocenters. The van der Waals surface area contributed by atoms with Gasteiger partial charge in [-0.05, 0) is 56.5 Å². The number of anilines is 1. The number of pyridine rings is 1. The summed E-state index contributed by atoms with van der Waals surface area (Å²) in [7, 11) is 1.66. The largest absolute Gasteiger partial charge is 0.431 e. The van der Waals surface area contributed by atoms with Crippen LogP contribution in [-0.4, -0.2) is 61.9 Å². The van der Waals surface area contributed by atoms with Gasteiger partial charge in [0.1, 0.15) is 47.2 Å². The summed E-state index contributed by atoms with van der Waals surface area (Å²) in [6, 6.07) is 7.13. The van der Waals surface area contributed by atoms with Crippen LogP contribution >= 0.6 is 0 Å². The van der Waals surface area contributed by atoms with Crippen molar-refractivity contribution in [3.05, 3.63) is 76.5 Å². The van der Waals surface area contributed by atoms with E-state index in [-0.39, 0.29) is 35.6 Å². The third kappa shape index (κ3) is 7.37. The predicted octanol–water partition coefficient (Wildman–Crippen LogP) is 5.52. The van der Waals surface area contributed by atoms with E-state index in [1.165, 1.54) is 18.5 Å². The fourth-order valence-electron chi connectivity index (χ4n) is 6.53. The molecule has 3 aliphatic carbocycles. The van der Waals surface area contributed by atoms with Crippen LogP contribution in [0.2, 0.25) is 0 Å². The number of carbonyl (C=O) groups excluding carboxylic acids is 1. The van der Waals surface area contributed by atoms with Crippen LogP contribution < -0.4 is 16.8 Å². The number of hydrogen-bond donors (Lipinski definition) is 4. The monoisotopic (exact) mass is 739 g/mol. The number of carbonyl (C=O) groups is 1. The number of aryl methyl sites for hydroxylation is 1. The van der Waals surface area contributed by atoms with Crippen molar-refractivity contribution >= 4 is 28.3 Å². The number of nitrogens with one attached hydrogen (secondary N) is 1. The predicted molar refractivity (Wildman–Crippen MR) is 183 cm³/mol. The van der Waals surface area contributed by atoms with Gasteiger partial charge < -0.3 is 21.9 Å². The Bertz CT molecular complexity index is 2270. The minimum Gasteiger partial charge on any atom is -0.394 e. The second-order valence-electron chi connectivity index (χ2n) is 13.4. The number of nitrogens with zero attached hydrogens (tertiary/aromatic N) is 4. The number of aliphatic hydroxyl groups is 1. The first kappa shape index (κ1) is 37.2. The number of allylic oxidation sites excluding steroid dienone is 5. The zero-order chi connectivity index (χ0) is 38.6. The van der Waals surface area contributed by atoms with Crippen molar-refractivity contribution in [1.29, 1.82) is 0 Å². The Hall–Kier alpha value is -5.61. The first-order chi connectivity index (χ1) is 24.7. The van der Waals surface area contributed by atoms with Gasteiger partial charge in [0.15, 0.2) is 5.82 Å². The zero-order valence-corrected chi connectivity index (χ0v) is 28.4. The molecule has 1 amide bonds. The molecule has 1 fully saturated rings. The molecule has 9 nitrogen and oxygen atoms in total. The number of rotatable bonds is 7. The molecule has 6 rings (SSSR count). The lowest BCUT2D eigenvalue weighted by Crippen LogP contribution is -2.35. The molecular formula is C37H32F7N7O2. The molecule has 2 heterocycles. The van der Waals surface area contributed by atoms with Crippen LogP contribution in [-0.2, 0) is 11.8 Å². The van der Waals surface area contributed by atoms with Gasteiger partial charge in [-0.25, -0.2) is 13.8 Å². The quantitative estimate of drug-likeness (QED) is 0.186. The first-order valence-electron chi connectivity index (χ1n) is 16.2. The normalized spacial score (nSPS) is 22.8. The molecule has 16 heteroatoms. The molecule has 3 aromatic rings. The zero-order valence-electron chi connectivity index (χ0n) is 28.4. The van der Waals surface area contributed by atoms with Gasteiger partial charge in [0.05, 0.1) is 23.2 Å². The van der Waals surface area contributed by atoms with Crippen molar-refractivity contribution in [1.82, 2.24) is 20.1 Å². The molecule has 2 aromatic heterocycles. The number of halogens is 7. The molecule has 1 saturated carbocycles. The minimum atomic E-state index is -5.17. The number of amides is 1. The molecule has 0 spiro atoms. The third-order valence-corrected chi connectivity index (χ3v) is 8.85. The van der Waals surface area contributed by atoms with Gasteiger partial charge in [0, 0.05) is 35.6 Å². The molecule has 1 aromatic carbocycles. The highest BCUT2D eigenvalue weighted by atomic mass is 19.4. The van der Waals surface area contributed by atoms with E-state index in [2.05, 4.69) is 39.1 Å². The second kappa shape index (κ2) is 13.4. The van der Waals surface area contributed by atoms with Crippen LogP contribution in [0.15, 0.2) is 70.1 Å². The highest BCUT2D eigenvalue weighted by molar-refractivity contribution is 6.11. The standard InChI is InChI=1S/C37H32F7N7O2/c1-35(2,53)12-11-21-7-8-22(23-5-4-6-25-31(23)51(3)50-34(25)46)30(48-21)27(15-18-13-19(38)16-20(39)14-18)49-28(52)17-47-33-29(32(45)37(42,43)44)24-9-10-26(24)36(33,40)41/h4-8,13,16,20,24,26-27,53H,14-15,17,45H2,1-3H3,(H2,46,50)(H,49,52)/t20?,24-,26+,27-/m0/s1. The van der Waals surface area contributed by atoms with E-state index in [0.29, 0.717) is 22.0 Å². The van der Waals surface area contributed by atoms with Gasteiger partial charge in [-0.2, -0.15) is 27.1 Å². The van der Waals surface area contributed by atoms with Gasteiger partial charge in [0.25, 0.3) is 0 Å². The van der Waals surface area contributed by atoms with Crippen LogP contribution in [0.4, 0.5) is 36.6 Å². The summed E-state index contributed by atoms with van der Waals surface area (Å²) in [5, 5.41) is 17.8. The Kier molecular flexibility index (Phi) is 9.41. The fourth-order valence-corrected chi connectivity index (χ4v) is 6.53. The third-order valence-electron chi connectivity index (χ3n) is 8.85. The number of para-hydroxylation sites is 1. The van der Waals surface area contributed by atoms with E-state index in [1.54, 1.807) is 37.4 Å². The molecule has 0 aliphatic heterocycles. The molecule has 0 bridgehead atoms. The minimum absolute atomic E-state index is 0.117. The Morgan fingerprint density at radius 3 is 2.58 bits per heavy atom. The number of benzene rings is 1. The highest BCUT2D eigenvalue weighted by Gasteiger charge is 2.62. The molecule has 3 aliphatic rings. The summed E-state index contributed by atoms with van der Waals surface area (Å²) in [5.74, 6) is 0.964. The topological polar surface area (TPSA) is 144 Å². The second-order valence-corrected chi connectivity index (χ2v) is 13.4. The molecule has 53 heavy (non-hydrogen) atoms. The average Bonchev–Trinajstić information content (AvgIpc) is 3.40. The lowest BCUT2D eigenvalue weighted by molar-refractivity contribution is -0.120. The van der Waals surface area contributed by atoms with Crippen molar-refractivity contribution in [3.8, 4) is 34.8 Å². The number of nitrogens with two attached hydrogens (primary N) is 2. The average molecular weight is 740 g/mol. The number of aromatic nitrogens is 3. The van der Waals surface area contributed by atoms with Crippen LogP contribution in [0.1, 0.15) is 44.1 Å². The first-order valence-corrected chi connectivity index (χ1v) is 16.2. The lowest BCUT2D eigenvalue weighted by Gasteiger charge is -2.24. The van der Waals surface area contributed by atoms with E-state index in [9.17, 15) is 31.9 Å². The summed E-state index contributed by atoms with van der Waals surface area (Å²) in [5.41, 5.74) is 7.90. The number of nitrogen functional groups attached to an aromatic ring is 1. The summed E-state index contributed by atoms with van der Waals surface area (Å²) in [6.45, 7) is 1.83. The number of hydrogen-bond acceptors (Lipinski definition) is 7. The van der Waals surface area contributed by atoms with Crippen molar-refractivity contribution in [3.63, 3.8) is 0 Å². The van der Waals surface area contributed by atoms with E-state index in [1.807, 2.05) is 0 Å². The highest BCUT2D eigenvalue weighted by Crippen LogP contribution is 2.51. The van der Waals surface area contributed by atoms with Gasteiger partial charge in [0.2, 0.25) is 5.91 Å². The molecule has 4 atom stereocenters. The summed E-state index contributed by atoms with van der Waals surface area (Å²) in [6.07, 6.45) is -5.46.